The number of hydrogen-bond acceptors (Lipinski definition) is 3. The van der Waals surface area contributed by atoms with Crippen LogP contribution in [0.1, 0.15) is 29.5 Å². The van der Waals surface area contributed by atoms with Crippen molar-refractivity contribution in [2.45, 2.75) is 19.4 Å². The highest BCUT2D eigenvalue weighted by Gasteiger charge is 2.33. The molecule has 3 aliphatic rings. The lowest BCUT2D eigenvalue weighted by Gasteiger charge is -2.08. The first-order chi connectivity index (χ1) is 12.2. The van der Waals surface area contributed by atoms with Crippen molar-refractivity contribution < 1.29 is 14.3 Å². The SMILES string of the molecule is O=C1Nc2ccccc2C1=C1OCc2ccc(NC(=O)C3CC3)cc21. The van der Waals surface area contributed by atoms with Crippen LogP contribution in [-0.2, 0) is 20.9 Å². The first kappa shape index (κ1) is 14.3. The van der Waals surface area contributed by atoms with Gasteiger partial charge < -0.3 is 15.4 Å². The topological polar surface area (TPSA) is 67.4 Å². The predicted octanol–water partition coefficient (Wildman–Crippen LogP) is 3.39. The summed E-state index contributed by atoms with van der Waals surface area (Å²) >= 11 is 0. The Morgan fingerprint density at radius 3 is 2.80 bits per heavy atom. The number of carbonyl (C=O) groups excluding carboxylic acids is 2. The normalized spacial score (nSPS) is 20.6. The zero-order valence-corrected chi connectivity index (χ0v) is 13.5. The number of hydrogen-bond donors (Lipinski definition) is 2. The predicted molar refractivity (Wildman–Crippen MR) is 94.5 cm³/mol. The van der Waals surface area contributed by atoms with E-state index in [1.165, 1.54) is 0 Å². The van der Waals surface area contributed by atoms with Gasteiger partial charge in [-0.2, -0.15) is 0 Å². The van der Waals surface area contributed by atoms with Gasteiger partial charge in [0.2, 0.25) is 5.91 Å². The van der Waals surface area contributed by atoms with Gasteiger partial charge in [-0.1, -0.05) is 24.3 Å². The molecule has 1 aliphatic carbocycles. The van der Waals surface area contributed by atoms with Crippen molar-refractivity contribution in [1.82, 2.24) is 0 Å². The maximum atomic E-state index is 12.5. The standard InChI is InChI=1S/C20H16N2O3/c23-19(11-5-6-11)21-13-8-7-12-10-25-18(15(12)9-13)17-14-3-1-2-4-16(14)22-20(17)24/h1-4,7-9,11H,5-6,10H2,(H,21,23)(H,22,24). The summed E-state index contributed by atoms with van der Waals surface area (Å²) in [5.41, 5.74) is 4.83. The molecule has 2 heterocycles. The molecule has 5 rings (SSSR count). The van der Waals surface area contributed by atoms with Crippen molar-refractivity contribution in [2.75, 3.05) is 10.6 Å². The molecule has 1 fully saturated rings. The minimum atomic E-state index is -0.156. The minimum absolute atomic E-state index is 0.0667. The molecule has 25 heavy (non-hydrogen) atoms. The van der Waals surface area contributed by atoms with Crippen LogP contribution in [0.2, 0.25) is 0 Å². The molecule has 0 unspecified atom stereocenters. The van der Waals surface area contributed by atoms with Crippen molar-refractivity contribution in [2.24, 2.45) is 5.92 Å². The molecule has 0 bridgehead atoms. The van der Waals surface area contributed by atoms with Gasteiger partial charge in [-0.25, -0.2) is 0 Å². The lowest BCUT2D eigenvalue weighted by atomic mass is 10.00. The summed E-state index contributed by atoms with van der Waals surface area (Å²) in [6, 6.07) is 13.3. The van der Waals surface area contributed by atoms with E-state index in [9.17, 15) is 9.59 Å². The van der Waals surface area contributed by atoms with E-state index in [2.05, 4.69) is 10.6 Å². The highest BCUT2D eigenvalue weighted by atomic mass is 16.5. The Bertz CT molecular complexity index is 957. The van der Waals surface area contributed by atoms with E-state index < -0.39 is 0 Å². The molecule has 5 heteroatoms. The third-order valence-corrected chi connectivity index (χ3v) is 4.84. The Morgan fingerprint density at radius 2 is 1.96 bits per heavy atom. The van der Waals surface area contributed by atoms with Gasteiger partial charge in [0.05, 0.1) is 5.57 Å². The van der Waals surface area contributed by atoms with Gasteiger partial charge in [0, 0.05) is 34.0 Å². The summed E-state index contributed by atoms with van der Waals surface area (Å²) in [6.45, 7) is 0.431. The van der Waals surface area contributed by atoms with Crippen LogP contribution >= 0.6 is 0 Å². The molecule has 1 saturated carbocycles. The lowest BCUT2D eigenvalue weighted by Crippen LogP contribution is -2.13. The maximum Gasteiger partial charge on any atom is 0.260 e. The zero-order valence-electron chi connectivity index (χ0n) is 13.5. The van der Waals surface area contributed by atoms with Crippen LogP contribution in [0.25, 0.3) is 11.3 Å². The number of rotatable bonds is 2. The third-order valence-electron chi connectivity index (χ3n) is 4.84. The molecule has 0 spiro atoms. The second-order valence-electron chi connectivity index (χ2n) is 6.63. The van der Waals surface area contributed by atoms with E-state index in [0.29, 0.717) is 17.9 Å². The van der Waals surface area contributed by atoms with Crippen molar-refractivity contribution in [3.05, 3.63) is 59.2 Å². The molecule has 2 aromatic carbocycles. The van der Waals surface area contributed by atoms with Crippen LogP contribution in [0.4, 0.5) is 11.4 Å². The number of nitrogens with one attached hydrogen (secondary N) is 2. The van der Waals surface area contributed by atoms with Gasteiger partial charge >= 0.3 is 0 Å². The maximum absolute atomic E-state index is 12.5. The van der Waals surface area contributed by atoms with Gasteiger partial charge in [-0.3, -0.25) is 9.59 Å². The number of carbonyl (C=O) groups is 2. The fourth-order valence-corrected chi connectivity index (χ4v) is 3.36. The summed E-state index contributed by atoms with van der Waals surface area (Å²) in [7, 11) is 0. The molecular formula is C20H16N2O3. The van der Waals surface area contributed by atoms with E-state index in [0.717, 1.165) is 40.9 Å². The van der Waals surface area contributed by atoms with E-state index >= 15 is 0 Å². The van der Waals surface area contributed by atoms with E-state index in [4.69, 9.17) is 4.74 Å². The number of anilines is 2. The van der Waals surface area contributed by atoms with Crippen LogP contribution in [0.5, 0.6) is 0 Å². The molecule has 124 valence electrons. The minimum Gasteiger partial charge on any atom is -0.487 e. The zero-order chi connectivity index (χ0) is 17.0. The summed E-state index contributed by atoms with van der Waals surface area (Å²) in [6.07, 6.45) is 1.93. The molecule has 0 atom stereocenters. The van der Waals surface area contributed by atoms with Gasteiger partial charge in [0.25, 0.3) is 5.91 Å². The highest BCUT2D eigenvalue weighted by molar-refractivity contribution is 6.36. The number of benzene rings is 2. The van der Waals surface area contributed by atoms with Crippen LogP contribution in [0.3, 0.4) is 0 Å². The molecule has 2 N–H and O–H groups in total. The molecule has 2 amide bonds. The van der Waals surface area contributed by atoms with Crippen LogP contribution in [-0.4, -0.2) is 11.8 Å². The van der Waals surface area contributed by atoms with Crippen molar-refractivity contribution in [3.8, 4) is 0 Å². The summed E-state index contributed by atoms with van der Waals surface area (Å²) < 4.78 is 5.86. The number of amides is 2. The van der Waals surface area contributed by atoms with E-state index in [-0.39, 0.29) is 17.7 Å². The van der Waals surface area contributed by atoms with Crippen molar-refractivity contribution in [3.63, 3.8) is 0 Å². The van der Waals surface area contributed by atoms with Crippen molar-refractivity contribution in [1.29, 1.82) is 0 Å². The third kappa shape index (κ3) is 2.31. The van der Waals surface area contributed by atoms with Crippen LogP contribution in [0.15, 0.2) is 42.5 Å². The second-order valence-corrected chi connectivity index (χ2v) is 6.63. The molecule has 2 aromatic rings. The van der Waals surface area contributed by atoms with Gasteiger partial charge in [-0.15, -0.1) is 0 Å². The Labute approximate surface area is 144 Å². The average Bonchev–Trinajstić information content (AvgIpc) is 3.31. The summed E-state index contributed by atoms with van der Waals surface area (Å²) in [5, 5.41) is 5.84. The lowest BCUT2D eigenvalue weighted by molar-refractivity contribution is -0.117. The first-order valence-electron chi connectivity index (χ1n) is 8.43. The van der Waals surface area contributed by atoms with Gasteiger partial charge in [-0.05, 0) is 31.0 Å². The van der Waals surface area contributed by atoms with Gasteiger partial charge in [0.1, 0.15) is 12.4 Å². The molecule has 5 nitrogen and oxygen atoms in total. The molecule has 0 saturated heterocycles. The smallest absolute Gasteiger partial charge is 0.260 e. The van der Waals surface area contributed by atoms with Crippen LogP contribution in [0, 0.1) is 5.92 Å². The number of para-hydroxylation sites is 1. The number of fused-ring (bicyclic) bond motifs is 2. The number of ether oxygens (including phenoxy) is 1. The fraction of sp³-hybridized carbons (Fsp3) is 0.200. The average molecular weight is 332 g/mol. The largest absolute Gasteiger partial charge is 0.487 e. The Morgan fingerprint density at radius 1 is 1.12 bits per heavy atom. The molecule has 2 aliphatic heterocycles. The van der Waals surface area contributed by atoms with Crippen LogP contribution < -0.4 is 10.6 Å². The van der Waals surface area contributed by atoms with Crippen molar-refractivity contribution >= 4 is 34.5 Å². The molecular weight excluding hydrogens is 316 g/mol. The van der Waals surface area contributed by atoms with E-state index in [1.807, 2.05) is 42.5 Å². The summed E-state index contributed by atoms with van der Waals surface area (Å²) in [4.78, 5) is 24.5. The Kier molecular flexibility index (Phi) is 2.98. The Hall–Kier alpha value is -3.08. The Balaban J connectivity index is 1.58. The highest BCUT2D eigenvalue weighted by Crippen LogP contribution is 2.42. The van der Waals surface area contributed by atoms with E-state index in [1.54, 1.807) is 0 Å². The molecule has 0 aromatic heterocycles. The monoisotopic (exact) mass is 332 g/mol. The first-order valence-corrected chi connectivity index (χ1v) is 8.43. The quantitative estimate of drug-likeness (QED) is 0.829. The second kappa shape index (κ2) is 5.21. The van der Waals surface area contributed by atoms with Gasteiger partial charge in [0.15, 0.2) is 0 Å². The molecule has 0 radical (unpaired) electrons. The summed E-state index contributed by atoms with van der Waals surface area (Å²) in [5.74, 6) is 0.642. The fourth-order valence-electron chi connectivity index (χ4n) is 3.36.